The smallest absolute Gasteiger partial charge is 0.268 e. The van der Waals surface area contributed by atoms with Gasteiger partial charge >= 0.3 is 0 Å². The van der Waals surface area contributed by atoms with Gasteiger partial charge in [-0.1, -0.05) is 43.6 Å². The van der Waals surface area contributed by atoms with E-state index in [1.807, 2.05) is 6.07 Å². The summed E-state index contributed by atoms with van der Waals surface area (Å²) in [6, 6.07) is 7.22. The van der Waals surface area contributed by atoms with Crippen molar-refractivity contribution >= 4 is 28.5 Å². The number of nitriles is 1. The Bertz CT molecular complexity index is 871. The van der Waals surface area contributed by atoms with Crippen LogP contribution < -0.4 is 14.8 Å². The molecule has 1 aromatic carbocycles. The second-order valence-electron chi connectivity index (χ2n) is 6.07. The number of aromatic nitrogens is 2. The normalized spacial score (nSPS) is 11.0. The van der Waals surface area contributed by atoms with Crippen LogP contribution in [0.1, 0.15) is 43.2 Å². The summed E-state index contributed by atoms with van der Waals surface area (Å²) in [4.78, 5) is 12.3. The lowest BCUT2D eigenvalue weighted by Gasteiger charge is -2.11. The minimum Gasteiger partial charge on any atom is -0.493 e. The Balaban J connectivity index is 2.07. The number of aryl methyl sites for hydroxylation is 1. The maximum absolute atomic E-state index is 12.3. The summed E-state index contributed by atoms with van der Waals surface area (Å²) in [5.41, 5.74) is 0.624. The van der Waals surface area contributed by atoms with E-state index in [4.69, 9.17) is 9.47 Å². The number of carbonyl (C=O) groups is 1. The third-order valence-electron chi connectivity index (χ3n) is 3.87. The molecule has 28 heavy (non-hydrogen) atoms. The molecule has 0 atom stereocenters. The summed E-state index contributed by atoms with van der Waals surface area (Å²) in [5, 5.41) is 20.7. The van der Waals surface area contributed by atoms with Crippen molar-refractivity contribution in [1.82, 2.24) is 10.2 Å². The van der Waals surface area contributed by atoms with Gasteiger partial charge in [-0.3, -0.25) is 10.1 Å². The number of benzene rings is 1. The lowest BCUT2D eigenvalue weighted by atomic mass is 10.1. The molecule has 0 radical (unpaired) electrons. The number of hydrogen-bond donors (Lipinski definition) is 1. The van der Waals surface area contributed by atoms with Gasteiger partial charge in [-0.05, 0) is 37.1 Å². The van der Waals surface area contributed by atoms with Crippen LogP contribution in [0.3, 0.4) is 0 Å². The molecule has 0 aliphatic carbocycles. The third-order valence-corrected chi connectivity index (χ3v) is 4.62. The van der Waals surface area contributed by atoms with Crippen LogP contribution in [-0.2, 0) is 4.79 Å². The van der Waals surface area contributed by atoms with Gasteiger partial charge in [0.1, 0.15) is 16.6 Å². The number of amides is 1. The molecule has 2 rings (SSSR count). The maximum Gasteiger partial charge on any atom is 0.268 e. The topological polar surface area (TPSA) is 97.1 Å². The van der Waals surface area contributed by atoms with E-state index >= 15 is 0 Å². The molecule has 2 aromatic rings. The van der Waals surface area contributed by atoms with Crippen LogP contribution in [0, 0.1) is 18.3 Å². The summed E-state index contributed by atoms with van der Waals surface area (Å²) >= 11 is 1.24. The Labute approximate surface area is 169 Å². The zero-order valence-electron chi connectivity index (χ0n) is 16.3. The fraction of sp³-hybridized carbons (Fsp3) is 0.400. The maximum atomic E-state index is 12.3. The van der Waals surface area contributed by atoms with Crippen molar-refractivity contribution < 1.29 is 14.3 Å². The number of anilines is 1. The minimum absolute atomic E-state index is 0.0388. The molecule has 0 fully saturated rings. The number of ether oxygens (including phenoxy) is 2. The van der Waals surface area contributed by atoms with Crippen LogP contribution in [-0.4, -0.2) is 29.8 Å². The predicted molar refractivity (Wildman–Crippen MR) is 109 cm³/mol. The predicted octanol–water partition coefficient (Wildman–Crippen LogP) is 4.36. The average Bonchev–Trinajstić information content (AvgIpc) is 3.10. The number of nitrogens with zero attached hydrogens (tertiary/aromatic N) is 3. The van der Waals surface area contributed by atoms with E-state index in [1.54, 1.807) is 32.2 Å². The molecule has 1 aromatic heterocycles. The van der Waals surface area contributed by atoms with Crippen LogP contribution in [0.5, 0.6) is 11.5 Å². The van der Waals surface area contributed by atoms with Crippen LogP contribution in [0.2, 0.25) is 0 Å². The number of methoxy groups -OCH3 is 1. The van der Waals surface area contributed by atoms with Crippen molar-refractivity contribution in [1.29, 1.82) is 5.26 Å². The number of nitrogens with one attached hydrogen (secondary N) is 1. The van der Waals surface area contributed by atoms with Crippen LogP contribution in [0.15, 0.2) is 23.8 Å². The first-order valence-corrected chi connectivity index (χ1v) is 9.93. The van der Waals surface area contributed by atoms with Gasteiger partial charge in [-0.15, -0.1) is 10.2 Å². The summed E-state index contributed by atoms with van der Waals surface area (Å²) in [6.45, 7) is 4.58. The van der Waals surface area contributed by atoms with Crippen LogP contribution in [0.4, 0.5) is 5.13 Å². The largest absolute Gasteiger partial charge is 0.493 e. The van der Waals surface area contributed by atoms with Gasteiger partial charge < -0.3 is 9.47 Å². The number of hydrogen-bond acceptors (Lipinski definition) is 7. The summed E-state index contributed by atoms with van der Waals surface area (Å²) < 4.78 is 11.2. The highest BCUT2D eigenvalue weighted by Crippen LogP contribution is 2.29. The van der Waals surface area contributed by atoms with E-state index in [-0.39, 0.29) is 5.57 Å². The van der Waals surface area contributed by atoms with Gasteiger partial charge in [-0.25, -0.2) is 0 Å². The first-order valence-electron chi connectivity index (χ1n) is 9.11. The van der Waals surface area contributed by atoms with E-state index in [2.05, 4.69) is 22.4 Å². The quantitative estimate of drug-likeness (QED) is 0.361. The number of unbranched alkanes of at least 4 members (excludes halogenated alkanes) is 3. The van der Waals surface area contributed by atoms with Gasteiger partial charge in [0.15, 0.2) is 11.5 Å². The highest BCUT2D eigenvalue weighted by atomic mass is 32.1. The summed E-state index contributed by atoms with van der Waals surface area (Å²) in [7, 11) is 1.56. The number of rotatable bonds is 10. The van der Waals surface area contributed by atoms with Crippen LogP contribution >= 0.6 is 11.3 Å². The van der Waals surface area contributed by atoms with Crippen molar-refractivity contribution in [3.8, 4) is 17.6 Å². The highest BCUT2D eigenvalue weighted by molar-refractivity contribution is 7.15. The van der Waals surface area contributed by atoms with Crippen molar-refractivity contribution in [3.05, 3.63) is 34.3 Å². The van der Waals surface area contributed by atoms with E-state index in [9.17, 15) is 10.1 Å². The first-order chi connectivity index (χ1) is 13.6. The van der Waals surface area contributed by atoms with Gasteiger partial charge in [0.05, 0.1) is 13.7 Å². The van der Waals surface area contributed by atoms with Gasteiger partial charge in [-0.2, -0.15) is 5.26 Å². The minimum atomic E-state index is -0.533. The molecule has 0 spiro atoms. The third kappa shape index (κ3) is 6.35. The van der Waals surface area contributed by atoms with Crippen molar-refractivity contribution in [2.45, 2.75) is 39.5 Å². The van der Waals surface area contributed by atoms with Crippen molar-refractivity contribution in [2.75, 3.05) is 19.0 Å². The highest BCUT2D eigenvalue weighted by Gasteiger charge is 2.13. The van der Waals surface area contributed by atoms with Gasteiger partial charge in [0.2, 0.25) is 5.13 Å². The average molecular weight is 401 g/mol. The molecule has 0 saturated carbocycles. The fourth-order valence-electron chi connectivity index (χ4n) is 2.43. The molecule has 1 heterocycles. The Hall–Kier alpha value is -2.92. The summed E-state index contributed by atoms with van der Waals surface area (Å²) in [6.07, 6.45) is 5.99. The standard InChI is InChI=1S/C20H24N4O3S/c1-4-5-6-7-10-27-17-9-8-15(12-18(17)26-3)11-16(13-21)19(25)22-20-24-23-14(2)28-20/h8-9,11-12H,4-7,10H2,1-3H3,(H,22,24,25)/b16-11+. The van der Waals surface area contributed by atoms with E-state index in [0.29, 0.717) is 28.8 Å². The second-order valence-corrected chi connectivity index (χ2v) is 7.25. The Morgan fingerprint density at radius 3 is 2.75 bits per heavy atom. The molecule has 0 saturated heterocycles. The Morgan fingerprint density at radius 1 is 1.29 bits per heavy atom. The lowest BCUT2D eigenvalue weighted by Crippen LogP contribution is -2.13. The zero-order valence-corrected chi connectivity index (χ0v) is 17.1. The van der Waals surface area contributed by atoms with E-state index < -0.39 is 5.91 Å². The second kappa shape index (κ2) is 11.0. The SMILES string of the molecule is CCCCCCOc1ccc(/C=C(\C#N)C(=O)Nc2nnc(C)s2)cc1OC. The Morgan fingerprint density at radius 2 is 2.11 bits per heavy atom. The first kappa shape index (κ1) is 21.4. The van der Waals surface area contributed by atoms with E-state index in [0.717, 1.165) is 17.8 Å². The molecule has 1 amide bonds. The molecular weight excluding hydrogens is 376 g/mol. The molecule has 0 bridgehead atoms. The molecule has 7 nitrogen and oxygen atoms in total. The van der Waals surface area contributed by atoms with Crippen molar-refractivity contribution in [3.63, 3.8) is 0 Å². The molecule has 148 valence electrons. The lowest BCUT2D eigenvalue weighted by molar-refractivity contribution is -0.112. The van der Waals surface area contributed by atoms with Gasteiger partial charge in [0.25, 0.3) is 5.91 Å². The monoisotopic (exact) mass is 400 g/mol. The molecule has 0 unspecified atom stereocenters. The molecule has 1 N–H and O–H groups in total. The number of carbonyl (C=O) groups excluding carboxylic acids is 1. The zero-order chi connectivity index (χ0) is 20.4. The fourth-order valence-corrected chi connectivity index (χ4v) is 3.02. The Kier molecular flexibility index (Phi) is 8.43. The molecule has 0 aliphatic heterocycles. The molecule has 0 aliphatic rings. The van der Waals surface area contributed by atoms with Gasteiger partial charge in [0, 0.05) is 0 Å². The molecular formula is C20H24N4O3S. The van der Waals surface area contributed by atoms with Crippen molar-refractivity contribution in [2.24, 2.45) is 0 Å². The molecule has 8 heteroatoms. The summed E-state index contributed by atoms with van der Waals surface area (Å²) in [5.74, 6) is 0.666. The van der Waals surface area contributed by atoms with E-state index in [1.165, 1.54) is 30.3 Å². The van der Waals surface area contributed by atoms with Crippen LogP contribution in [0.25, 0.3) is 6.08 Å².